The van der Waals surface area contributed by atoms with E-state index in [-0.39, 0.29) is 18.2 Å². The summed E-state index contributed by atoms with van der Waals surface area (Å²) in [6.45, 7) is 0.152. The predicted molar refractivity (Wildman–Crippen MR) is 110 cm³/mol. The summed E-state index contributed by atoms with van der Waals surface area (Å²) in [7, 11) is 4.28. The molecule has 0 aliphatic heterocycles. The summed E-state index contributed by atoms with van der Waals surface area (Å²) in [6.07, 6.45) is 0. The number of hydrogen-bond donors (Lipinski definition) is 1. The lowest BCUT2D eigenvalue weighted by Gasteiger charge is -2.14. The molecule has 8 nitrogen and oxygen atoms in total. The van der Waals surface area contributed by atoms with Gasteiger partial charge in [-0.25, -0.2) is 9.78 Å². The molecule has 0 atom stereocenters. The van der Waals surface area contributed by atoms with Crippen molar-refractivity contribution in [3.8, 4) is 17.2 Å². The topological polar surface area (TPSA) is 96.0 Å². The molecule has 156 valence electrons. The van der Waals surface area contributed by atoms with Crippen molar-refractivity contribution >= 4 is 22.8 Å². The minimum absolute atomic E-state index is 0.0527. The summed E-state index contributed by atoms with van der Waals surface area (Å²) in [4.78, 5) is 28.5. The minimum atomic E-state index is -0.620. The number of fused-ring (bicyclic) bond motifs is 1. The minimum Gasteiger partial charge on any atom is -0.493 e. The largest absolute Gasteiger partial charge is 0.493 e. The monoisotopic (exact) mass is 410 g/mol. The van der Waals surface area contributed by atoms with Crippen LogP contribution in [0.5, 0.6) is 17.2 Å². The summed E-state index contributed by atoms with van der Waals surface area (Å²) >= 11 is 0. The maximum atomic E-state index is 12.2. The molecule has 0 unspecified atom stereocenters. The Morgan fingerprint density at radius 1 is 0.933 bits per heavy atom. The van der Waals surface area contributed by atoms with Gasteiger partial charge in [-0.15, -0.1) is 0 Å². The SMILES string of the molecule is COC(=O)c1cc(OCC(=O)NCc2ccccc2)c2cc(OC)c(OC)cc2n1. The molecule has 1 heterocycles. The zero-order valence-corrected chi connectivity index (χ0v) is 16.9. The molecule has 0 bridgehead atoms. The molecule has 3 rings (SSSR count). The number of ether oxygens (including phenoxy) is 4. The van der Waals surface area contributed by atoms with Crippen LogP contribution in [0.4, 0.5) is 0 Å². The quantitative estimate of drug-likeness (QED) is 0.571. The second-order valence-corrected chi connectivity index (χ2v) is 6.27. The summed E-state index contributed by atoms with van der Waals surface area (Å²) < 4.78 is 21.1. The summed E-state index contributed by atoms with van der Waals surface area (Å²) in [5, 5.41) is 3.36. The van der Waals surface area contributed by atoms with Crippen LogP contribution in [0.2, 0.25) is 0 Å². The van der Waals surface area contributed by atoms with E-state index in [0.29, 0.717) is 34.7 Å². The van der Waals surface area contributed by atoms with E-state index in [4.69, 9.17) is 18.9 Å². The molecule has 2 aromatic carbocycles. The zero-order chi connectivity index (χ0) is 21.5. The first kappa shape index (κ1) is 20.9. The molecule has 0 aliphatic carbocycles. The molecule has 0 saturated heterocycles. The lowest BCUT2D eigenvalue weighted by atomic mass is 10.1. The average molecular weight is 410 g/mol. The fraction of sp³-hybridized carbons (Fsp3) is 0.227. The molecule has 1 N–H and O–H groups in total. The highest BCUT2D eigenvalue weighted by Crippen LogP contribution is 2.36. The predicted octanol–water partition coefficient (Wildman–Crippen LogP) is 2.73. The molecule has 30 heavy (non-hydrogen) atoms. The number of nitrogens with one attached hydrogen (secondary N) is 1. The number of methoxy groups -OCH3 is 3. The van der Waals surface area contributed by atoms with Gasteiger partial charge in [-0.2, -0.15) is 0 Å². The first-order chi connectivity index (χ1) is 14.5. The van der Waals surface area contributed by atoms with Crippen molar-refractivity contribution in [2.45, 2.75) is 6.54 Å². The first-order valence-electron chi connectivity index (χ1n) is 9.14. The third-order valence-corrected chi connectivity index (χ3v) is 4.36. The molecule has 8 heteroatoms. The van der Waals surface area contributed by atoms with Crippen LogP contribution in [0.15, 0.2) is 48.5 Å². The highest BCUT2D eigenvalue weighted by atomic mass is 16.5. The van der Waals surface area contributed by atoms with Crippen molar-refractivity contribution in [1.29, 1.82) is 0 Å². The number of pyridine rings is 1. The Labute approximate surface area is 173 Å². The van der Waals surface area contributed by atoms with Crippen LogP contribution in [0.25, 0.3) is 10.9 Å². The number of rotatable bonds is 8. The van der Waals surface area contributed by atoms with Gasteiger partial charge in [-0.05, 0) is 11.6 Å². The van der Waals surface area contributed by atoms with Gasteiger partial charge in [0.15, 0.2) is 23.8 Å². The average Bonchev–Trinajstić information content (AvgIpc) is 2.80. The van der Waals surface area contributed by atoms with Crippen molar-refractivity contribution in [1.82, 2.24) is 10.3 Å². The van der Waals surface area contributed by atoms with Crippen molar-refractivity contribution in [3.63, 3.8) is 0 Å². The van der Waals surface area contributed by atoms with Gasteiger partial charge in [-0.1, -0.05) is 30.3 Å². The number of carbonyl (C=O) groups is 2. The maximum Gasteiger partial charge on any atom is 0.356 e. The van der Waals surface area contributed by atoms with Gasteiger partial charge in [0.05, 0.1) is 26.8 Å². The fourth-order valence-corrected chi connectivity index (χ4v) is 2.84. The molecule has 0 aliphatic rings. The van der Waals surface area contributed by atoms with Gasteiger partial charge < -0.3 is 24.3 Å². The van der Waals surface area contributed by atoms with Crippen LogP contribution < -0.4 is 19.5 Å². The molecular formula is C22H22N2O6. The third kappa shape index (κ3) is 4.78. The Morgan fingerprint density at radius 2 is 1.63 bits per heavy atom. The Morgan fingerprint density at radius 3 is 2.30 bits per heavy atom. The van der Waals surface area contributed by atoms with E-state index in [0.717, 1.165) is 5.56 Å². The van der Waals surface area contributed by atoms with E-state index in [1.54, 1.807) is 12.1 Å². The zero-order valence-electron chi connectivity index (χ0n) is 16.9. The number of benzene rings is 2. The molecule has 0 radical (unpaired) electrons. The van der Waals surface area contributed by atoms with Crippen LogP contribution in [-0.2, 0) is 16.1 Å². The molecule has 0 fully saturated rings. The van der Waals surface area contributed by atoms with Crippen molar-refractivity contribution in [2.75, 3.05) is 27.9 Å². The lowest BCUT2D eigenvalue weighted by Crippen LogP contribution is -2.28. The molecule has 1 aromatic heterocycles. The van der Waals surface area contributed by atoms with Gasteiger partial charge >= 0.3 is 5.97 Å². The molecule has 0 saturated carbocycles. The van der Waals surface area contributed by atoms with Gasteiger partial charge in [0.2, 0.25) is 0 Å². The number of carbonyl (C=O) groups excluding carboxylic acids is 2. The Bertz CT molecular complexity index is 1050. The molecule has 1 amide bonds. The number of aromatic nitrogens is 1. The molecule has 0 spiro atoms. The molecule has 3 aromatic rings. The summed E-state index contributed by atoms with van der Waals surface area (Å²) in [5.41, 5.74) is 1.47. The lowest BCUT2D eigenvalue weighted by molar-refractivity contribution is -0.123. The van der Waals surface area contributed by atoms with E-state index in [2.05, 4.69) is 10.3 Å². The smallest absolute Gasteiger partial charge is 0.356 e. The third-order valence-electron chi connectivity index (χ3n) is 4.36. The van der Waals surface area contributed by atoms with E-state index in [1.165, 1.54) is 27.4 Å². The molecular weight excluding hydrogens is 388 g/mol. The number of nitrogens with zero attached hydrogens (tertiary/aromatic N) is 1. The Hall–Kier alpha value is -3.81. The first-order valence-corrected chi connectivity index (χ1v) is 9.14. The fourth-order valence-electron chi connectivity index (χ4n) is 2.84. The number of esters is 1. The van der Waals surface area contributed by atoms with Crippen molar-refractivity contribution in [2.24, 2.45) is 0 Å². The van der Waals surface area contributed by atoms with Gasteiger partial charge in [0, 0.05) is 24.1 Å². The Kier molecular flexibility index (Phi) is 6.69. The van der Waals surface area contributed by atoms with Gasteiger partial charge in [-0.3, -0.25) is 4.79 Å². The van der Waals surface area contributed by atoms with E-state index in [9.17, 15) is 9.59 Å². The van der Waals surface area contributed by atoms with Crippen molar-refractivity contribution < 1.29 is 28.5 Å². The second kappa shape index (κ2) is 9.60. The maximum absolute atomic E-state index is 12.2. The van der Waals surface area contributed by atoms with Crippen LogP contribution in [0.3, 0.4) is 0 Å². The Balaban J connectivity index is 1.84. The second-order valence-electron chi connectivity index (χ2n) is 6.27. The number of hydrogen-bond acceptors (Lipinski definition) is 7. The van der Waals surface area contributed by atoms with Crippen LogP contribution >= 0.6 is 0 Å². The van der Waals surface area contributed by atoms with Crippen LogP contribution in [0, 0.1) is 0 Å². The normalized spacial score (nSPS) is 10.4. The van der Waals surface area contributed by atoms with Crippen LogP contribution in [-0.4, -0.2) is 44.8 Å². The van der Waals surface area contributed by atoms with E-state index in [1.807, 2.05) is 30.3 Å². The highest BCUT2D eigenvalue weighted by molar-refractivity contribution is 5.95. The van der Waals surface area contributed by atoms with Crippen molar-refractivity contribution in [3.05, 3.63) is 59.8 Å². The van der Waals surface area contributed by atoms with E-state index < -0.39 is 5.97 Å². The van der Waals surface area contributed by atoms with E-state index >= 15 is 0 Å². The number of amides is 1. The highest BCUT2D eigenvalue weighted by Gasteiger charge is 2.17. The van der Waals surface area contributed by atoms with Gasteiger partial charge in [0.1, 0.15) is 5.75 Å². The van der Waals surface area contributed by atoms with Gasteiger partial charge in [0.25, 0.3) is 5.91 Å². The summed E-state index contributed by atoms with van der Waals surface area (Å²) in [5.74, 6) is 0.298. The standard InChI is InChI=1S/C22H22N2O6/c1-27-19-9-15-16(10-20(19)28-2)24-17(22(26)29-3)11-18(15)30-13-21(25)23-12-14-7-5-4-6-8-14/h4-11H,12-13H2,1-3H3,(H,23,25). The summed E-state index contributed by atoms with van der Waals surface area (Å²) in [6, 6.07) is 14.3. The van der Waals surface area contributed by atoms with Crippen LogP contribution in [0.1, 0.15) is 16.1 Å².